The van der Waals surface area contributed by atoms with Crippen LogP contribution in [0.4, 0.5) is 0 Å². The van der Waals surface area contributed by atoms with E-state index in [1.54, 1.807) is 22.8 Å². The molecule has 1 aliphatic rings. The molecule has 0 bridgehead atoms. The molecule has 1 aliphatic heterocycles. The molecule has 0 unspecified atom stereocenters. The molecule has 26 heavy (non-hydrogen) atoms. The van der Waals surface area contributed by atoms with E-state index in [-0.39, 0.29) is 24.9 Å². The summed E-state index contributed by atoms with van der Waals surface area (Å²) < 4.78 is 12.1. The van der Waals surface area contributed by atoms with Gasteiger partial charge >= 0.3 is 0 Å². The number of pyridine rings is 1. The third kappa shape index (κ3) is 3.30. The number of rotatable bonds is 5. The van der Waals surface area contributed by atoms with Gasteiger partial charge in [-0.25, -0.2) is 4.52 Å². The maximum atomic E-state index is 12.1. The first-order chi connectivity index (χ1) is 12.7. The summed E-state index contributed by atoms with van der Waals surface area (Å²) in [7, 11) is 0. The second kappa shape index (κ2) is 6.75. The fourth-order valence-electron chi connectivity index (χ4n) is 2.61. The summed E-state index contributed by atoms with van der Waals surface area (Å²) in [6, 6.07) is 12.7. The second-order valence-corrected chi connectivity index (χ2v) is 5.75. The molecule has 0 spiro atoms. The van der Waals surface area contributed by atoms with Crippen molar-refractivity contribution in [3.63, 3.8) is 0 Å². The second-order valence-electron chi connectivity index (χ2n) is 5.75. The standard InChI is InChI=1S/C18H16N4O4/c23-17(19-9-12-4-5-15-16(7-12)26-11-25-15)10-20-18(24)14-8-13-3-1-2-6-22(13)21-14/h1-8H,9-11H2,(H,19,23)(H,20,24). The smallest absolute Gasteiger partial charge is 0.272 e. The Morgan fingerprint density at radius 2 is 1.96 bits per heavy atom. The fourth-order valence-corrected chi connectivity index (χ4v) is 2.61. The van der Waals surface area contributed by atoms with Gasteiger partial charge in [0.2, 0.25) is 12.7 Å². The number of benzene rings is 1. The maximum Gasteiger partial charge on any atom is 0.272 e. The minimum Gasteiger partial charge on any atom is -0.454 e. The molecule has 8 heteroatoms. The molecule has 3 heterocycles. The van der Waals surface area contributed by atoms with Crippen LogP contribution < -0.4 is 20.1 Å². The monoisotopic (exact) mass is 352 g/mol. The predicted molar refractivity (Wildman–Crippen MR) is 91.9 cm³/mol. The number of ether oxygens (including phenoxy) is 2. The lowest BCUT2D eigenvalue weighted by Crippen LogP contribution is -2.36. The number of carbonyl (C=O) groups is 2. The zero-order valence-electron chi connectivity index (χ0n) is 13.8. The average molecular weight is 352 g/mol. The molecule has 0 saturated carbocycles. The van der Waals surface area contributed by atoms with Crippen molar-refractivity contribution in [1.29, 1.82) is 0 Å². The van der Waals surface area contributed by atoms with Gasteiger partial charge in [-0.05, 0) is 35.9 Å². The van der Waals surface area contributed by atoms with Crippen molar-refractivity contribution in [1.82, 2.24) is 20.2 Å². The van der Waals surface area contributed by atoms with Gasteiger partial charge in [0.15, 0.2) is 17.2 Å². The minimum atomic E-state index is -0.396. The van der Waals surface area contributed by atoms with Crippen LogP contribution in [-0.2, 0) is 11.3 Å². The number of amides is 2. The van der Waals surface area contributed by atoms with E-state index in [0.29, 0.717) is 18.0 Å². The zero-order chi connectivity index (χ0) is 17.9. The third-order valence-corrected chi connectivity index (χ3v) is 3.94. The van der Waals surface area contributed by atoms with Crippen molar-refractivity contribution in [3.05, 3.63) is 59.9 Å². The number of hydrogen-bond acceptors (Lipinski definition) is 5. The summed E-state index contributed by atoms with van der Waals surface area (Å²) in [6.07, 6.45) is 1.75. The highest BCUT2D eigenvalue weighted by Gasteiger charge is 2.14. The van der Waals surface area contributed by atoms with E-state index >= 15 is 0 Å². The summed E-state index contributed by atoms with van der Waals surface area (Å²) in [5.41, 5.74) is 1.96. The molecule has 0 aliphatic carbocycles. The topological polar surface area (TPSA) is 94.0 Å². The van der Waals surface area contributed by atoms with Gasteiger partial charge in [0.1, 0.15) is 0 Å². The third-order valence-electron chi connectivity index (χ3n) is 3.94. The number of carbonyl (C=O) groups excluding carboxylic acids is 2. The van der Waals surface area contributed by atoms with Crippen molar-refractivity contribution in [2.75, 3.05) is 13.3 Å². The lowest BCUT2D eigenvalue weighted by molar-refractivity contribution is -0.120. The lowest BCUT2D eigenvalue weighted by atomic mass is 10.2. The van der Waals surface area contributed by atoms with Crippen LogP contribution in [-0.4, -0.2) is 34.8 Å². The summed E-state index contributed by atoms with van der Waals surface area (Å²) in [6.45, 7) is 0.414. The van der Waals surface area contributed by atoms with E-state index in [0.717, 1.165) is 11.1 Å². The molecular formula is C18H16N4O4. The van der Waals surface area contributed by atoms with Gasteiger partial charge in [-0.2, -0.15) is 5.10 Å². The highest BCUT2D eigenvalue weighted by Crippen LogP contribution is 2.32. The SMILES string of the molecule is O=C(CNC(=O)c1cc2ccccn2n1)NCc1ccc2c(c1)OCO2. The Bertz CT molecular complexity index is 949. The van der Waals surface area contributed by atoms with Gasteiger partial charge in [0, 0.05) is 12.7 Å². The average Bonchev–Trinajstić information content (AvgIpc) is 3.30. The number of fused-ring (bicyclic) bond motifs is 2. The number of aromatic nitrogens is 2. The molecule has 1 aromatic carbocycles. The highest BCUT2D eigenvalue weighted by atomic mass is 16.7. The lowest BCUT2D eigenvalue weighted by Gasteiger charge is -2.07. The van der Waals surface area contributed by atoms with Crippen molar-refractivity contribution in [2.24, 2.45) is 0 Å². The first kappa shape index (κ1) is 15.9. The van der Waals surface area contributed by atoms with Gasteiger partial charge in [-0.1, -0.05) is 12.1 Å². The Hall–Kier alpha value is -3.55. The van der Waals surface area contributed by atoms with Crippen LogP contribution in [0.25, 0.3) is 5.52 Å². The summed E-state index contributed by atoms with van der Waals surface area (Å²) in [4.78, 5) is 24.1. The Morgan fingerprint density at radius 3 is 2.85 bits per heavy atom. The molecule has 0 atom stereocenters. The first-order valence-electron chi connectivity index (χ1n) is 8.07. The molecule has 2 N–H and O–H groups in total. The van der Waals surface area contributed by atoms with Crippen LogP contribution in [0.1, 0.15) is 16.1 Å². The molecule has 2 aromatic heterocycles. The fraction of sp³-hybridized carbons (Fsp3) is 0.167. The molecule has 132 valence electrons. The number of hydrogen-bond donors (Lipinski definition) is 2. The maximum absolute atomic E-state index is 12.1. The molecule has 0 radical (unpaired) electrons. The van der Waals surface area contributed by atoms with Gasteiger partial charge < -0.3 is 20.1 Å². The molecular weight excluding hydrogens is 336 g/mol. The van der Waals surface area contributed by atoms with E-state index in [2.05, 4.69) is 15.7 Å². The van der Waals surface area contributed by atoms with Crippen LogP contribution in [0, 0.1) is 0 Å². The Labute approximate surface area is 148 Å². The van der Waals surface area contributed by atoms with E-state index in [9.17, 15) is 9.59 Å². The van der Waals surface area contributed by atoms with E-state index in [1.165, 1.54) is 0 Å². The summed E-state index contributed by atoms with van der Waals surface area (Å²) in [5.74, 6) is 0.670. The Morgan fingerprint density at radius 1 is 1.08 bits per heavy atom. The molecule has 3 aromatic rings. The largest absolute Gasteiger partial charge is 0.454 e. The van der Waals surface area contributed by atoms with Crippen LogP contribution in [0.3, 0.4) is 0 Å². The number of nitrogens with zero attached hydrogens (tertiary/aromatic N) is 2. The normalized spacial score (nSPS) is 12.2. The summed E-state index contributed by atoms with van der Waals surface area (Å²) in [5, 5.41) is 9.48. The Balaban J connectivity index is 1.29. The van der Waals surface area contributed by atoms with Gasteiger partial charge in [0.05, 0.1) is 12.1 Å². The van der Waals surface area contributed by atoms with Crippen molar-refractivity contribution >= 4 is 17.3 Å². The van der Waals surface area contributed by atoms with E-state index in [1.807, 2.05) is 30.3 Å². The zero-order valence-corrected chi connectivity index (χ0v) is 13.8. The molecule has 8 nitrogen and oxygen atoms in total. The van der Waals surface area contributed by atoms with Crippen LogP contribution >= 0.6 is 0 Å². The predicted octanol–water partition coefficient (Wildman–Crippen LogP) is 1.11. The summed E-state index contributed by atoms with van der Waals surface area (Å²) >= 11 is 0. The minimum absolute atomic E-state index is 0.128. The molecule has 2 amide bonds. The quantitative estimate of drug-likeness (QED) is 0.717. The molecule has 4 rings (SSSR count). The van der Waals surface area contributed by atoms with E-state index < -0.39 is 5.91 Å². The molecule has 0 saturated heterocycles. The van der Waals surface area contributed by atoms with Crippen LogP contribution in [0.2, 0.25) is 0 Å². The molecule has 0 fully saturated rings. The first-order valence-corrected chi connectivity index (χ1v) is 8.07. The van der Waals surface area contributed by atoms with Crippen LogP contribution in [0.15, 0.2) is 48.7 Å². The van der Waals surface area contributed by atoms with E-state index in [4.69, 9.17) is 9.47 Å². The number of nitrogens with one attached hydrogen (secondary N) is 2. The highest BCUT2D eigenvalue weighted by molar-refractivity contribution is 5.95. The van der Waals surface area contributed by atoms with Crippen molar-refractivity contribution in [3.8, 4) is 11.5 Å². The van der Waals surface area contributed by atoms with Gasteiger partial charge in [0.25, 0.3) is 5.91 Å². The van der Waals surface area contributed by atoms with Gasteiger partial charge in [-0.3, -0.25) is 9.59 Å². The Kier molecular flexibility index (Phi) is 4.14. The van der Waals surface area contributed by atoms with Gasteiger partial charge in [-0.15, -0.1) is 0 Å². The van der Waals surface area contributed by atoms with Crippen molar-refractivity contribution < 1.29 is 19.1 Å². The van der Waals surface area contributed by atoms with Crippen LogP contribution in [0.5, 0.6) is 11.5 Å². The van der Waals surface area contributed by atoms with Crippen molar-refractivity contribution in [2.45, 2.75) is 6.54 Å².